The summed E-state index contributed by atoms with van der Waals surface area (Å²) in [6, 6.07) is 11.3. The summed E-state index contributed by atoms with van der Waals surface area (Å²) in [5.74, 6) is 0. The van der Waals surface area contributed by atoms with E-state index in [2.05, 4.69) is 25.1 Å². The largest absolute Gasteiger partial charge is 2.00 e. The molecule has 56 valence electrons. The summed E-state index contributed by atoms with van der Waals surface area (Å²) in [6.45, 7) is 2.18. The zero-order chi connectivity index (χ0) is 6.53. The third kappa shape index (κ3) is 5.54. The topological polar surface area (TPSA) is 0 Å². The van der Waals surface area contributed by atoms with Gasteiger partial charge in [-0.1, -0.05) is 19.8 Å². The molecule has 0 aliphatic carbocycles. The van der Waals surface area contributed by atoms with Crippen LogP contribution in [-0.2, 0) is 6.42 Å². The number of halogens is 1. The van der Waals surface area contributed by atoms with E-state index in [0.29, 0.717) is 0 Å². The molecule has 1 aromatic carbocycles. The van der Waals surface area contributed by atoms with Crippen LogP contribution < -0.4 is 12.4 Å². The first-order valence-electron chi connectivity index (χ1n) is 3.39. The third-order valence-corrected chi connectivity index (χ3v) is 1.29. The molecule has 0 saturated carbocycles. The first-order chi connectivity index (χ1) is 4.43. The van der Waals surface area contributed by atoms with Crippen LogP contribution in [0.25, 0.3) is 0 Å². The van der Waals surface area contributed by atoms with Crippen LogP contribution in [0.2, 0.25) is 0 Å². The minimum absolute atomic E-state index is 0. The molecule has 0 amide bonds. The van der Waals surface area contributed by atoms with Crippen molar-refractivity contribution >= 4 is 23.1 Å². The van der Waals surface area contributed by atoms with E-state index in [1.165, 1.54) is 12.0 Å². The number of aryl methyl sites for hydroxylation is 1. The molecule has 0 atom stereocenters. The van der Waals surface area contributed by atoms with Crippen LogP contribution >= 0.6 is 0 Å². The van der Waals surface area contributed by atoms with Gasteiger partial charge in [0.1, 0.15) is 0 Å². The van der Waals surface area contributed by atoms with Gasteiger partial charge in [0.25, 0.3) is 0 Å². The SMILES string of the molecule is CCCc1[c-]cccc1.[Cl-].[Mg+2]. The van der Waals surface area contributed by atoms with Crippen molar-refractivity contribution in [3.05, 3.63) is 35.9 Å². The first-order valence-corrected chi connectivity index (χ1v) is 3.39. The first kappa shape index (κ1) is 13.8. The molecule has 0 fully saturated rings. The summed E-state index contributed by atoms with van der Waals surface area (Å²) >= 11 is 0. The molecule has 0 heterocycles. The van der Waals surface area contributed by atoms with Crippen molar-refractivity contribution in [1.29, 1.82) is 0 Å². The maximum atomic E-state index is 3.17. The average molecular weight is 179 g/mol. The van der Waals surface area contributed by atoms with Crippen molar-refractivity contribution in [2.75, 3.05) is 0 Å². The van der Waals surface area contributed by atoms with E-state index in [0.717, 1.165) is 6.42 Å². The maximum absolute atomic E-state index is 3.17. The average Bonchev–Trinajstić information content (AvgIpc) is 1.91. The monoisotopic (exact) mass is 178 g/mol. The standard InChI is InChI=1S/C9H11.ClH.Mg/c1-2-6-9-7-4-3-5-8-9;;/h3-5,7H,2,6H2,1H3;1H;/q-1;;+2/p-1. The van der Waals surface area contributed by atoms with Crippen LogP contribution in [0.3, 0.4) is 0 Å². The Bertz CT molecular complexity index is 162. The third-order valence-electron chi connectivity index (χ3n) is 1.29. The second-order valence-corrected chi connectivity index (χ2v) is 2.14. The molecular weight excluding hydrogens is 168 g/mol. The van der Waals surface area contributed by atoms with Gasteiger partial charge in [0.2, 0.25) is 0 Å². The molecule has 0 radical (unpaired) electrons. The van der Waals surface area contributed by atoms with Gasteiger partial charge in [-0.25, -0.2) is 0 Å². The van der Waals surface area contributed by atoms with Crippen molar-refractivity contribution in [2.45, 2.75) is 19.8 Å². The van der Waals surface area contributed by atoms with Gasteiger partial charge in [-0.05, 0) is 0 Å². The Morgan fingerprint density at radius 2 is 2.09 bits per heavy atom. The van der Waals surface area contributed by atoms with Gasteiger partial charge in [-0.15, -0.1) is 0 Å². The molecule has 0 nitrogen and oxygen atoms in total. The van der Waals surface area contributed by atoms with Gasteiger partial charge in [-0.2, -0.15) is 35.9 Å². The molecule has 0 spiro atoms. The second kappa shape index (κ2) is 8.37. The van der Waals surface area contributed by atoms with Crippen molar-refractivity contribution < 1.29 is 12.4 Å². The molecule has 2 heteroatoms. The van der Waals surface area contributed by atoms with Crippen LogP contribution in [0.4, 0.5) is 0 Å². The fourth-order valence-corrected chi connectivity index (χ4v) is 0.855. The predicted octanol–water partition coefficient (Wildman–Crippen LogP) is -0.938. The smallest absolute Gasteiger partial charge is 1.00 e. The minimum Gasteiger partial charge on any atom is -1.00 e. The Labute approximate surface area is 90.9 Å². The molecule has 1 aromatic rings. The Kier molecular flexibility index (Phi) is 10.5. The molecule has 0 N–H and O–H groups in total. The molecule has 0 bridgehead atoms. The van der Waals surface area contributed by atoms with Gasteiger partial charge in [0.05, 0.1) is 0 Å². The molecular formula is C9H11ClMg. The number of hydrogen-bond donors (Lipinski definition) is 0. The van der Waals surface area contributed by atoms with Crippen molar-refractivity contribution in [2.24, 2.45) is 0 Å². The van der Waals surface area contributed by atoms with Crippen LogP contribution in [0.1, 0.15) is 18.9 Å². The number of hydrogen-bond acceptors (Lipinski definition) is 0. The van der Waals surface area contributed by atoms with E-state index < -0.39 is 0 Å². The van der Waals surface area contributed by atoms with Crippen molar-refractivity contribution in [3.8, 4) is 0 Å². The molecule has 1 rings (SSSR count). The normalized spacial score (nSPS) is 7.73. The van der Waals surface area contributed by atoms with E-state index in [4.69, 9.17) is 0 Å². The fraction of sp³-hybridized carbons (Fsp3) is 0.333. The predicted molar refractivity (Wildman–Crippen MR) is 45.0 cm³/mol. The van der Waals surface area contributed by atoms with E-state index in [1.807, 2.05) is 12.1 Å². The molecule has 0 aliphatic heterocycles. The van der Waals surface area contributed by atoms with Crippen LogP contribution in [0.15, 0.2) is 24.3 Å². The summed E-state index contributed by atoms with van der Waals surface area (Å²) < 4.78 is 0. The summed E-state index contributed by atoms with van der Waals surface area (Å²) in [4.78, 5) is 0. The summed E-state index contributed by atoms with van der Waals surface area (Å²) in [7, 11) is 0. The minimum atomic E-state index is 0. The maximum Gasteiger partial charge on any atom is 2.00 e. The van der Waals surface area contributed by atoms with Crippen LogP contribution in [0.5, 0.6) is 0 Å². The van der Waals surface area contributed by atoms with Crippen LogP contribution in [-0.4, -0.2) is 23.1 Å². The Morgan fingerprint density at radius 1 is 1.36 bits per heavy atom. The summed E-state index contributed by atoms with van der Waals surface area (Å²) in [6.07, 6.45) is 2.36. The van der Waals surface area contributed by atoms with Crippen LogP contribution in [0, 0.1) is 6.07 Å². The van der Waals surface area contributed by atoms with Gasteiger partial charge >= 0.3 is 23.1 Å². The van der Waals surface area contributed by atoms with E-state index in [9.17, 15) is 0 Å². The zero-order valence-corrected chi connectivity index (χ0v) is 8.98. The molecule has 0 unspecified atom stereocenters. The second-order valence-electron chi connectivity index (χ2n) is 2.14. The zero-order valence-electron chi connectivity index (χ0n) is 6.81. The summed E-state index contributed by atoms with van der Waals surface area (Å²) in [5.41, 5.74) is 1.32. The Balaban J connectivity index is 0. The number of benzene rings is 1. The number of rotatable bonds is 2. The van der Waals surface area contributed by atoms with Crippen molar-refractivity contribution in [1.82, 2.24) is 0 Å². The Morgan fingerprint density at radius 3 is 2.55 bits per heavy atom. The molecule has 0 aliphatic rings. The van der Waals surface area contributed by atoms with Gasteiger partial charge in [0, 0.05) is 0 Å². The van der Waals surface area contributed by atoms with Gasteiger partial charge in [0.15, 0.2) is 0 Å². The molecule has 0 aromatic heterocycles. The van der Waals surface area contributed by atoms with Gasteiger partial charge in [-0.3, -0.25) is 0 Å². The van der Waals surface area contributed by atoms with E-state index in [-0.39, 0.29) is 35.5 Å². The summed E-state index contributed by atoms with van der Waals surface area (Å²) in [5, 5.41) is 0. The molecule has 0 saturated heterocycles. The fourth-order valence-electron chi connectivity index (χ4n) is 0.855. The Hall–Kier alpha value is 0.276. The van der Waals surface area contributed by atoms with Crippen molar-refractivity contribution in [3.63, 3.8) is 0 Å². The van der Waals surface area contributed by atoms with Gasteiger partial charge < -0.3 is 12.4 Å². The quantitative estimate of drug-likeness (QED) is 0.406. The van der Waals surface area contributed by atoms with E-state index in [1.54, 1.807) is 0 Å². The molecule has 11 heavy (non-hydrogen) atoms. The van der Waals surface area contributed by atoms with E-state index >= 15 is 0 Å².